The molecule has 7 rings (SSSR count). The number of benzene rings is 1. The number of aromatic nitrogens is 4. The average molecular weight is 602 g/mol. The molecule has 0 radical (unpaired) electrons. The summed E-state index contributed by atoms with van der Waals surface area (Å²) in [5, 5.41) is 13.8. The molecule has 1 unspecified atom stereocenters. The SMILES string of the molecule is O=C(N[C@@H]1CCC(c2cccc(F)c2F)Cn2c1nnc2C1(C(F)(F)F)CC1)N1CCC2(CC1)C(=O)Nc1ncccc12. The van der Waals surface area contributed by atoms with Gasteiger partial charge in [-0.15, -0.1) is 10.2 Å². The van der Waals surface area contributed by atoms with Gasteiger partial charge in [-0.1, -0.05) is 18.2 Å². The van der Waals surface area contributed by atoms with Crippen LogP contribution >= 0.6 is 0 Å². The molecule has 4 aliphatic rings. The molecule has 1 saturated carbocycles. The highest BCUT2D eigenvalue weighted by Gasteiger charge is 2.67. The smallest absolute Gasteiger partial charge is 0.328 e. The van der Waals surface area contributed by atoms with Gasteiger partial charge in [-0.3, -0.25) is 4.79 Å². The van der Waals surface area contributed by atoms with E-state index in [1.54, 1.807) is 17.2 Å². The molecule has 5 heterocycles. The van der Waals surface area contributed by atoms with E-state index in [1.165, 1.54) is 16.7 Å². The summed E-state index contributed by atoms with van der Waals surface area (Å²) in [4.78, 5) is 32.2. The van der Waals surface area contributed by atoms with Crippen molar-refractivity contribution in [1.29, 1.82) is 0 Å². The van der Waals surface area contributed by atoms with Crippen LogP contribution in [-0.4, -0.2) is 55.9 Å². The van der Waals surface area contributed by atoms with Crippen LogP contribution in [0.4, 0.5) is 32.6 Å². The normalized spacial score (nSPS) is 23.7. The van der Waals surface area contributed by atoms with Gasteiger partial charge in [0, 0.05) is 37.3 Å². The molecule has 43 heavy (non-hydrogen) atoms. The minimum atomic E-state index is -4.56. The van der Waals surface area contributed by atoms with Gasteiger partial charge in [-0.25, -0.2) is 18.6 Å². The van der Waals surface area contributed by atoms with Crippen LogP contribution in [0.15, 0.2) is 36.5 Å². The van der Waals surface area contributed by atoms with Gasteiger partial charge < -0.3 is 20.1 Å². The number of alkyl halides is 3. The van der Waals surface area contributed by atoms with Crippen molar-refractivity contribution in [3.63, 3.8) is 0 Å². The lowest BCUT2D eigenvalue weighted by molar-refractivity contribution is -0.163. The zero-order chi connectivity index (χ0) is 30.1. The van der Waals surface area contributed by atoms with Crippen LogP contribution in [0.1, 0.15) is 73.3 Å². The molecule has 2 aromatic heterocycles. The maximum absolute atomic E-state index is 14.8. The van der Waals surface area contributed by atoms with E-state index in [0.29, 0.717) is 18.7 Å². The molecule has 3 amide bonds. The molecular formula is C29H28F5N7O2. The zero-order valence-electron chi connectivity index (χ0n) is 22.9. The molecule has 3 aliphatic heterocycles. The first-order chi connectivity index (χ1) is 20.5. The summed E-state index contributed by atoms with van der Waals surface area (Å²) < 4.78 is 72.8. The van der Waals surface area contributed by atoms with Gasteiger partial charge in [0.2, 0.25) is 5.91 Å². The highest BCUT2D eigenvalue weighted by Crippen LogP contribution is 2.59. The predicted molar refractivity (Wildman–Crippen MR) is 142 cm³/mol. The molecular weight excluding hydrogens is 573 g/mol. The number of nitrogens with zero attached hydrogens (tertiary/aromatic N) is 5. The Morgan fingerprint density at radius 1 is 1.02 bits per heavy atom. The van der Waals surface area contributed by atoms with Crippen molar-refractivity contribution in [1.82, 2.24) is 30.0 Å². The summed E-state index contributed by atoms with van der Waals surface area (Å²) in [6.45, 7) is 0.455. The number of carbonyl (C=O) groups excluding carboxylic acids is 2. The molecule has 3 aromatic rings. The second-order valence-electron chi connectivity index (χ2n) is 11.9. The van der Waals surface area contributed by atoms with Gasteiger partial charge in [0.1, 0.15) is 17.1 Å². The predicted octanol–water partition coefficient (Wildman–Crippen LogP) is 4.86. The lowest BCUT2D eigenvalue weighted by Gasteiger charge is -2.38. The van der Waals surface area contributed by atoms with E-state index in [9.17, 15) is 31.5 Å². The first kappa shape index (κ1) is 27.7. The third kappa shape index (κ3) is 4.27. The Kier molecular flexibility index (Phi) is 6.26. The lowest BCUT2D eigenvalue weighted by atomic mass is 9.74. The van der Waals surface area contributed by atoms with Crippen molar-refractivity contribution in [2.75, 3.05) is 18.4 Å². The molecule has 9 nitrogen and oxygen atoms in total. The molecule has 1 aromatic carbocycles. The minimum absolute atomic E-state index is 0.0559. The van der Waals surface area contributed by atoms with Crippen molar-refractivity contribution in [2.24, 2.45) is 0 Å². The Morgan fingerprint density at radius 3 is 2.51 bits per heavy atom. The van der Waals surface area contributed by atoms with Gasteiger partial charge in [0.25, 0.3) is 0 Å². The molecule has 1 saturated heterocycles. The van der Waals surface area contributed by atoms with Crippen molar-refractivity contribution in [2.45, 2.75) is 74.0 Å². The van der Waals surface area contributed by atoms with Crippen molar-refractivity contribution >= 4 is 17.8 Å². The van der Waals surface area contributed by atoms with Crippen molar-refractivity contribution < 1.29 is 31.5 Å². The van der Waals surface area contributed by atoms with Crippen LogP contribution in [0.25, 0.3) is 0 Å². The molecule has 0 bridgehead atoms. The number of likely N-dealkylation sites (tertiary alicyclic amines) is 1. The maximum atomic E-state index is 14.8. The number of nitrogens with one attached hydrogen (secondary N) is 2. The molecule has 14 heteroatoms. The molecule has 2 fully saturated rings. The van der Waals surface area contributed by atoms with Gasteiger partial charge in [-0.05, 0) is 56.2 Å². The van der Waals surface area contributed by atoms with Gasteiger partial charge in [0.15, 0.2) is 17.5 Å². The maximum Gasteiger partial charge on any atom is 0.401 e. The standard InChI is InChI=1S/C29H28F5N7O2/c30-19-5-1-3-17(21(19)31)16-6-7-20(23-38-39-24(41(23)15-16)28(8-9-28)29(32,33)34)36-26(43)40-13-10-27(11-14-40)18-4-2-12-35-22(18)37-25(27)42/h1-5,12,16,20H,6-11,13-15H2,(H,36,43)(H,35,37,42)/t16?,20-/m1/s1. The molecule has 1 spiro atoms. The Bertz CT molecular complexity index is 1610. The third-order valence-electron chi connectivity index (χ3n) is 9.63. The van der Waals surface area contributed by atoms with E-state index in [0.717, 1.165) is 11.6 Å². The Hall–Kier alpha value is -4.10. The average Bonchev–Trinajstić information content (AvgIpc) is 3.68. The molecule has 226 valence electrons. The Labute approximate surface area is 242 Å². The number of hydrogen-bond donors (Lipinski definition) is 2. The van der Waals surface area contributed by atoms with Crippen LogP contribution < -0.4 is 10.6 Å². The molecule has 1 aliphatic carbocycles. The Balaban J connectivity index is 1.15. The number of halogens is 5. The first-order valence-electron chi connectivity index (χ1n) is 14.3. The number of pyridine rings is 1. The monoisotopic (exact) mass is 601 g/mol. The van der Waals surface area contributed by atoms with E-state index < -0.39 is 46.6 Å². The number of piperidine rings is 1. The third-order valence-corrected chi connectivity index (χ3v) is 9.63. The van der Waals surface area contributed by atoms with Gasteiger partial charge >= 0.3 is 12.2 Å². The summed E-state index contributed by atoms with van der Waals surface area (Å²) in [5.41, 5.74) is -2.08. The van der Waals surface area contributed by atoms with Crippen LogP contribution in [0.2, 0.25) is 0 Å². The zero-order valence-corrected chi connectivity index (χ0v) is 22.9. The Morgan fingerprint density at radius 2 is 1.79 bits per heavy atom. The lowest BCUT2D eigenvalue weighted by Crippen LogP contribution is -2.51. The van der Waals surface area contributed by atoms with E-state index in [1.807, 2.05) is 6.07 Å². The van der Waals surface area contributed by atoms with Crippen LogP contribution in [0, 0.1) is 11.6 Å². The summed E-state index contributed by atoms with van der Waals surface area (Å²) >= 11 is 0. The minimum Gasteiger partial charge on any atom is -0.328 e. The number of anilines is 1. The summed E-state index contributed by atoms with van der Waals surface area (Å²) in [6.07, 6.45) is -2.01. The van der Waals surface area contributed by atoms with Crippen molar-refractivity contribution in [3.05, 3.63) is 70.9 Å². The quantitative estimate of drug-likeness (QED) is 0.418. The molecule has 2 N–H and O–H groups in total. The summed E-state index contributed by atoms with van der Waals surface area (Å²) in [6, 6.07) is 6.15. The fourth-order valence-electron chi connectivity index (χ4n) is 6.97. The topological polar surface area (TPSA) is 105 Å². The first-order valence-corrected chi connectivity index (χ1v) is 14.3. The van der Waals surface area contributed by atoms with E-state index in [-0.39, 0.29) is 68.4 Å². The summed E-state index contributed by atoms with van der Waals surface area (Å²) in [7, 11) is 0. The highest BCUT2D eigenvalue weighted by atomic mass is 19.4. The highest BCUT2D eigenvalue weighted by molar-refractivity contribution is 6.05. The second-order valence-corrected chi connectivity index (χ2v) is 11.9. The van der Waals surface area contributed by atoms with Crippen LogP contribution in [-0.2, 0) is 22.2 Å². The van der Waals surface area contributed by atoms with E-state index in [4.69, 9.17) is 0 Å². The van der Waals surface area contributed by atoms with Gasteiger partial charge in [0.05, 0.1) is 11.5 Å². The fraction of sp³-hybridized carbons (Fsp3) is 0.483. The fourth-order valence-corrected chi connectivity index (χ4v) is 6.97. The number of amides is 3. The molecule has 2 atom stereocenters. The number of carbonyl (C=O) groups is 2. The van der Waals surface area contributed by atoms with Crippen molar-refractivity contribution in [3.8, 4) is 0 Å². The number of rotatable bonds is 3. The number of urea groups is 1. The number of fused-ring (bicyclic) bond motifs is 3. The second kappa shape index (κ2) is 9.71. The van der Waals surface area contributed by atoms with E-state index >= 15 is 0 Å². The van der Waals surface area contributed by atoms with Crippen LogP contribution in [0.3, 0.4) is 0 Å². The largest absolute Gasteiger partial charge is 0.401 e. The summed E-state index contributed by atoms with van der Waals surface area (Å²) in [5.74, 6) is -2.49. The van der Waals surface area contributed by atoms with E-state index in [2.05, 4.69) is 25.8 Å². The van der Waals surface area contributed by atoms with Gasteiger partial charge in [-0.2, -0.15) is 13.2 Å². The number of hydrogen-bond acceptors (Lipinski definition) is 5. The van der Waals surface area contributed by atoms with Crippen LogP contribution in [0.5, 0.6) is 0 Å².